The van der Waals surface area contributed by atoms with Gasteiger partial charge in [-0.05, 0) is 25.8 Å². The number of nitrogens with zero attached hydrogens (tertiary/aromatic N) is 3. The average Bonchev–Trinajstić information content (AvgIpc) is 2.55. The highest BCUT2D eigenvalue weighted by atomic mass is 16.5. The second kappa shape index (κ2) is 7.27. The van der Waals surface area contributed by atoms with Gasteiger partial charge >= 0.3 is 0 Å². The monoisotopic (exact) mass is 318 g/mol. The Morgan fingerprint density at radius 1 is 1.43 bits per heavy atom. The van der Waals surface area contributed by atoms with Crippen molar-refractivity contribution in [3.8, 4) is 5.88 Å². The van der Waals surface area contributed by atoms with Crippen LogP contribution in [0.1, 0.15) is 25.3 Å². The predicted molar refractivity (Wildman–Crippen MR) is 88.3 cm³/mol. The first-order valence-electron chi connectivity index (χ1n) is 8.47. The van der Waals surface area contributed by atoms with Gasteiger partial charge in [0.1, 0.15) is 0 Å². The number of carbonyl (C=O) groups is 1. The largest absolute Gasteiger partial charge is 0.481 e. The topological polar surface area (TPSA) is 57.7 Å². The van der Waals surface area contributed by atoms with Crippen molar-refractivity contribution in [2.75, 3.05) is 33.3 Å². The number of likely N-dealkylation sites (N-methyl/N-ethyl adjacent to an activating group) is 1. The number of amides is 1. The summed E-state index contributed by atoms with van der Waals surface area (Å²) in [6.07, 6.45) is 3.85. The van der Waals surface area contributed by atoms with Crippen LogP contribution >= 0.6 is 0 Å². The number of hydrogen-bond acceptors (Lipinski definition) is 5. The number of hydrogen-bond donors (Lipinski definition) is 1. The Balaban J connectivity index is 1.47. The molecule has 0 spiro atoms. The van der Waals surface area contributed by atoms with E-state index in [2.05, 4.69) is 22.1 Å². The van der Waals surface area contributed by atoms with Gasteiger partial charge < -0.3 is 15.0 Å². The molecule has 1 amide bonds. The number of likely N-dealkylation sites (tertiary alicyclic amines) is 2. The van der Waals surface area contributed by atoms with Crippen LogP contribution in [0.25, 0.3) is 0 Å². The number of nitrogens with one attached hydrogen (secondary N) is 1. The number of rotatable bonds is 6. The summed E-state index contributed by atoms with van der Waals surface area (Å²) >= 11 is 0. The third-order valence-corrected chi connectivity index (χ3v) is 4.86. The Hall–Kier alpha value is -1.66. The fourth-order valence-electron chi connectivity index (χ4n) is 3.47. The van der Waals surface area contributed by atoms with Gasteiger partial charge in [0.15, 0.2) is 0 Å². The fourth-order valence-corrected chi connectivity index (χ4v) is 3.47. The Kier molecular flexibility index (Phi) is 5.13. The van der Waals surface area contributed by atoms with Gasteiger partial charge in [0.2, 0.25) is 11.8 Å². The van der Waals surface area contributed by atoms with Crippen molar-refractivity contribution in [2.45, 2.75) is 38.4 Å². The van der Waals surface area contributed by atoms with E-state index in [1.54, 1.807) is 13.3 Å². The van der Waals surface area contributed by atoms with E-state index in [0.29, 0.717) is 17.8 Å². The van der Waals surface area contributed by atoms with E-state index in [1.807, 2.05) is 17.0 Å². The Morgan fingerprint density at radius 2 is 2.26 bits per heavy atom. The molecule has 2 aliphatic rings. The Morgan fingerprint density at radius 3 is 3.00 bits per heavy atom. The molecule has 1 atom stereocenters. The van der Waals surface area contributed by atoms with Gasteiger partial charge in [0.05, 0.1) is 13.2 Å². The number of piperidine rings is 1. The molecule has 6 nitrogen and oxygen atoms in total. The number of pyridine rings is 1. The van der Waals surface area contributed by atoms with Crippen LogP contribution in [0.15, 0.2) is 18.3 Å². The van der Waals surface area contributed by atoms with E-state index in [1.165, 1.54) is 0 Å². The van der Waals surface area contributed by atoms with E-state index in [0.717, 1.165) is 51.1 Å². The van der Waals surface area contributed by atoms with Crippen LogP contribution in [0.3, 0.4) is 0 Å². The molecule has 1 N–H and O–H groups in total. The molecule has 0 saturated carbocycles. The van der Waals surface area contributed by atoms with E-state index in [9.17, 15) is 4.79 Å². The van der Waals surface area contributed by atoms with Crippen LogP contribution in [0.5, 0.6) is 5.88 Å². The van der Waals surface area contributed by atoms with Gasteiger partial charge in [0, 0.05) is 50.5 Å². The van der Waals surface area contributed by atoms with E-state index < -0.39 is 0 Å². The highest BCUT2D eigenvalue weighted by molar-refractivity contribution is 5.82. The van der Waals surface area contributed by atoms with Crippen LogP contribution < -0.4 is 10.1 Å². The van der Waals surface area contributed by atoms with Gasteiger partial charge in [0.25, 0.3) is 0 Å². The third kappa shape index (κ3) is 3.48. The molecule has 3 rings (SSSR count). The molecule has 0 bridgehead atoms. The summed E-state index contributed by atoms with van der Waals surface area (Å²) < 4.78 is 5.27. The minimum absolute atomic E-state index is 0.0923. The van der Waals surface area contributed by atoms with Gasteiger partial charge in [-0.1, -0.05) is 6.07 Å². The second-order valence-electron chi connectivity index (χ2n) is 6.28. The van der Waals surface area contributed by atoms with Crippen molar-refractivity contribution in [3.63, 3.8) is 0 Å². The van der Waals surface area contributed by atoms with Gasteiger partial charge in [-0.3, -0.25) is 9.69 Å². The van der Waals surface area contributed by atoms with Crippen LogP contribution in [0.4, 0.5) is 0 Å². The molecule has 2 fully saturated rings. The summed E-state index contributed by atoms with van der Waals surface area (Å²) in [6, 6.07) is 4.48. The summed E-state index contributed by atoms with van der Waals surface area (Å²) in [5.74, 6) is 0.989. The molecular weight excluding hydrogens is 292 g/mol. The van der Waals surface area contributed by atoms with Crippen LogP contribution in [-0.4, -0.2) is 66.1 Å². The van der Waals surface area contributed by atoms with Crippen molar-refractivity contribution in [3.05, 3.63) is 23.9 Å². The summed E-state index contributed by atoms with van der Waals surface area (Å²) in [7, 11) is 1.64. The molecule has 126 valence electrons. The van der Waals surface area contributed by atoms with Crippen molar-refractivity contribution in [1.29, 1.82) is 0 Å². The first kappa shape index (κ1) is 16.2. The van der Waals surface area contributed by atoms with Gasteiger partial charge in [-0.25, -0.2) is 4.98 Å². The molecule has 3 heterocycles. The lowest BCUT2D eigenvalue weighted by Gasteiger charge is -2.47. The number of ether oxygens (including phenoxy) is 1. The summed E-state index contributed by atoms with van der Waals surface area (Å²) in [6.45, 7) is 6.43. The molecule has 23 heavy (non-hydrogen) atoms. The molecule has 0 aromatic carbocycles. The Labute approximate surface area is 137 Å². The molecule has 2 saturated heterocycles. The summed E-state index contributed by atoms with van der Waals surface area (Å²) in [4.78, 5) is 20.9. The normalized spacial score (nSPS) is 23.0. The molecule has 6 heteroatoms. The molecule has 2 aliphatic heterocycles. The standard InChI is InChI=1S/C17H26N4O2/c1-3-20-9-5-7-15(17(20)22)21-11-14(12-21)19-10-13-6-4-8-18-16(13)23-2/h4,6,8,14-15,19H,3,5,7,9-12H2,1-2H3. The minimum atomic E-state index is 0.0923. The zero-order chi connectivity index (χ0) is 16.2. The summed E-state index contributed by atoms with van der Waals surface area (Å²) in [5.41, 5.74) is 1.07. The van der Waals surface area contributed by atoms with E-state index in [-0.39, 0.29) is 6.04 Å². The SMILES string of the molecule is CCN1CCCC(N2CC(NCc3cccnc3OC)C2)C1=O. The van der Waals surface area contributed by atoms with Gasteiger partial charge in [-0.2, -0.15) is 0 Å². The highest BCUT2D eigenvalue weighted by Crippen LogP contribution is 2.23. The predicted octanol–water partition coefficient (Wildman–Crippen LogP) is 0.875. The molecule has 0 aliphatic carbocycles. The maximum Gasteiger partial charge on any atom is 0.239 e. The van der Waals surface area contributed by atoms with Crippen molar-refractivity contribution in [1.82, 2.24) is 20.1 Å². The lowest BCUT2D eigenvalue weighted by atomic mass is 9.97. The highest BCUT2D eigenvalue weighted by Gasteiger charge is 2.38. The third-order valence-electron chi connectivity index (χ3n) is 4.86. The van der Waals surface area contributed by atoms with Crippen molar-refractivity contribution < 1.29 is 9.53 Å². The average molecular weight is 318 g/mol. The number of carbonyl (C=O) groups excluding carboxylic acids is 1. The fraction of sp³-hybridized carbons (Fsp3) is 0.647. The maximum atomic E-state index is 12.4. The first-order chi connectivity index (χ1) is 11.2. The zero-order valence-corrected chi connectivity index (χ0v) is 14.0. The van der Waals surface area contributed by atoms with Crippen LogP contribution in [0.2, 0.25) is 0 Å². The lowest BCUT2D eigenvalue weighted by Crippen LogP contribution is -2.65. The quantitative estimate of drug-likeness (QED) is 0.844. The van der Waals surface area contributed by atoms with E-state index in [4.69, 9.17) is 4.74 Å². The Bertz CT molecular complexity index is 545. The lowest BCUT2D eigenvalue weighted by molar-refractivity contribution is -0.142. The molecule has 1 aromatic heterocycles. The number of aromatic nitrogens is 1. The molecule has 1 aromatic rings. The zero-order valence-electron chi connectivity index (χ0n) is 14.0. The smallest absolute Gasteiger partial charge is 0.239 e. The molecule has 0 radical (unpaired) electrons. The van der Waals surface area contributed by atoms with Gasteiger partial charge in [-0.15, -0.1) is 0 Å². The van der Waals surface area contributed by atoms with Crippen LogP contribution in [0, 0.1) is 0 Å². The molecule has 1 unspecified atom stereocenters. The summed E-state index contributed by atoms with van der Waals surface area (Å²) in [5, 5.41) is 3.53. The maximum absolute atomic E-state index is 12.4. The van der Waals surface area contributed by atoms with Crippen molar-refractivity contribution >= 4 is 5.91 Å². The second-order valence-corrected chi connectivity index (χ2v) is 6.28. The van der Waals surface area contributed by atoms with E-state index >= 15 is 0 Å². The van der Waals surface area contributed by atoms with Crippen LogP contribution in [-0.2, 0) is 11.3 Å². The van der Waals surface area contributed by atoms with Crippen molar-refractivity contribution in [2.24, 2.45) is 0 Å². The minimum Gasteiger partial charge on any atom is -0.481 e. The first-order valence-corrected chi connectivity index (χ1v) is 8.47. The molecular formula is C17H26N4O2. The number of methoxy groups -OCH3 is 1.